The molecule has 0 aliphatic rings. The lowest BCUT2D eigenvalue weighted by Crippen LogP contribution is -2.43. The Morgan fingerprint density at radius 2 is 1.90 bits per heavy atom. The maximum Gasteiger partial charge on any atom is 0.410 e. The molecule has 8 nitrogen and oxygen atoms in total. The molecule has 2 atom stereocenters. The molecule has 1 aromatic heterocycles. The van der Waals surface area contributed by atoms with Crippen molar-refractivity contribution in [2.45, 2.75) is 73.5 Å². The monoisotopic (exact) mass is 550 g/mol. The Morgan fingerprint density at radius 3 is 2.39 bits per heavy atom. The number of nitrogens with zero attached hydrogens (tertiary/aromatic N) is 4. The van der Waals surface area contributed by atoms with Crippen LogP contribution in [0.1, 0.15) is 58.5 Å². The second-order valence-electron chi connectivity index (χ2n) is 9.21. The molecule has 1 aromatic rings. The van der Waals surface area contributed by atoms with Crippen LogP contribution in [0.15, 0.2) is 4.99 Å². The van der Waals surface area contributed by atoms with Gasteiger partial charge in [-0.25, -0.2) is 4.79 Å². The molecule has 2 unspecified atom stereocenters. The minimum Gasteiger partial charge on any atom is -0.444 e. The molecule has 31 heavy (non-hydrogen) atoms. The van der Waals surface area contributed by atoms with Crippen LogP contribution in [0.5, 0.6) is 0 Å². The number of hydrogen-bond acceptors (Lipinski definition) is 4. The lowest BCUT2D eigenvalue weighted by molar-refractivity contribution is 0.0279. The molecule has 1 heterocycles. The number of rotatable bonds is 8. The van der Waals surface area contributed by atoms with Crippen LogP contribution in [0.2, 0.25) is 0 Å². The molecule has 0 aliphatic heterocycles. The van der Waals surface area contributed by atoms with Gasteiger partial charge in [0, 0.05) is 45.5 Å². The minimum atomic E-state index is -0.490. The Bertz CT molecular complexity index is 726. The number of nitrogens with one attached hydrogen (secondary N) is 2. The van der Waals surface area contributed by atoms with E-state index in [4.69, 9.17) is 9.73 Å². The van der Waals surface area contributed by atoms with Gasteiger partial charge in [-0.15, -0.1) is 24.0 Å². The Labute approximate surface area is 205 Å². The molecular weight excluding hydrogens is 507 g/mol. The quantitative estimate of drug-likeness (QED) is 0.294. The van der Waals surface area contributed by atoms with Crippen LogP contribution < -0.4 is 10.6 Å². The average Bonchev–Trinajstić information content (AvgIpc) is 2.84. The van der Waals surface area contributed by atoms with Gasteiger partial charge in [-0.2, -0.15) is 5.10 Å². The van der Waals surface area contributed by atoms with Crippen molar-refractivity contribution in [3.05, 3.63) is 17.0 Å². The van der Waals surface area contributed by atoms with E-state index in [0.29, 0.717) is 13.1 Å². The molecule has 0 radical (unpaired) electrons. The van der Waals surface area contributed by atoms with E-state index in [2.05, 4.69) is 50.4 Å². The van der Waals surface area contributed by atoms with Crippen LogP contribution >= 0.6 is 24.0 Å². The summed E-state index contributed by atoms with van der Waals surface area (Å²) >= 11 is 0. The van der Waals surface area contributed by atoms with Gasteiger partial charge >= 0.3 is 6.09 Å². The number of aryl methyl sites for hydroxylation is 2. The molecule has 0 fully saturated rings. The lowest BCUT2D eigenvalue weighted by atomic mass is 10.1. The normalized spacial score (nSPS) is 13.8. The van der Waals surface area contributed by atoms with E-state index in [0.717, 1.165) is 24.6 Å². The van der Waals surface area contributed by atoms with Crippen molar-refractivity contribution >= 4 is 36.0 Å². The van der Waals surface area contributed by atoms with Crippen molar-refractivity contribution in [1.82, 2.24) is 25.3 Å². The molecule has 1 rings (SSSR count). The first-order valence-corrected chi connectivity index (χ1v) is 10.8. The predicted molar refractivity (Wildman–Crippen MR) is 138 cm³/mol. The molecule has 9 heteroatoms. The zero-order valence-electron chi connectivity index (χ0n) is 21.0. The smallest absolute Gasteiger partial charge is 0.410 e. The first-order chi connectivity index (χ1) is 13.8. The number of guanidine groups is 1. The van der Waals surface area contributed by atoms with Gasteiger partial charge in [0.1, 0.15) is 5.60 Å². The average molecular weight is 551 g/mol. The summed E-state index contributed by atoms with van der Waals surface area (Å²) in [5.74, 6) is 0.993. The van der Waals surface area contributed by atoms with Crippen LogP contribution in [0.4, 0.5) is 4.79 Å². The molecule has 0 aromatic carbocycles. The molecular formula is C22H43IN6O2. The number of carbonyl (C=O) groups is 1. The highest BCUT2D eigenvalue weighted by atomic mass is 127. The van der Waals surface area contributed by atoms with Crippen LogP contribution in [0, 0.1) is 19.8 Å². The lowest BCUT2D eigenvalue weighted by Gasteiger charge is -2.26. The van der Waals surface area contributed by atoms with E-state index in [1.54, 1.807) is 11.9 Å². The van der Waals surface area contributed by atoms with E-state index in [9.17, 15) is 4.79 Å². The Hall–Kier alpha value is -1.52. The third-order valence-electron chi connectivity index (χ3n) is 4.75. The summed E-state index contributed by atoms with van der Waals surface area (Å²) in [5, 5.41) is 11.3. The minimum absolute atomic E-state index is 0. The number of hydrogen-bond donors (Lipinski definition) is 2. The summed E-state index contributed by atoms with van der Waals surface area (Å²) in [6, 6.07) is 0.212. The molecule has 0 saturated heterocycles. The molecule has 180 valence electrons. The van der Waals surface area contributed by atoms with Crippen molar-refractivity contribution < 1.29 is 9.53 Å². The van der Waals surface area contributed by atoms with Gasteiger partial charge in [-0.1, -0.05) is 6.92 Å². The molecule has 0 spiro atoms. The summed E-state index contributed by atoms with van der Waals surface area (Å²) < 4.78 is 7.34. The van der Waals surface area contributed by atoms with Gasteiger partial charge in [0.25, 0.3) is 0 Å². The highest BCUT2D eigenvalue weighted by Gasteiger charge is 2.21. The summed E-state index contributed by atoms with van der Waals surface area (Å²) in [7, 11) is 3.74. The first kappa shape index (κ1) is 29.5. The van der Waals surface area contributed by atoms with Crippen molar-refractivity contribution in [2.75, 3.05) is 26.7 Å². The first-order valence-electron chi connectivity index (χ1n) is 10.8. The second kappa shape index (κ2) is 13.1. The Kier molecular flexibility index (Phi) is 12.5. The second-order valence-corrected chi connectivity index (χ2v) is 9.21. The third kappa shape index (κ3) is 10.6. The fraction of sp³-hybridized carbons (Fsp3) is 0.773. The van der Waals surface area contributed by atoms with Gasteiger partial charge in [0.15, 0.2) is 5.96 Å². The maximum absolute atomic E-state index is 12.1. The predicted octanol–water partition coefficient (Wildman–Crippen LogP) is 3.64. The molecule has 2 N–H and O–H groups in total. The van der Waals surface area contributed by atoms with Crippen molar-refractivity contribution in [1.29, 1.82) is 0 Å². The molecule has 0 saturated carbocycles. The highest BCUT2D eigenvalue weighted by Crippen LogP contribution is 2.14. The number of halogens is 1. The molecule has 0 aliphatic carbocycles. The van der Waals surface area contributed by atoms with Crippen molar-refractivity contribution in [3.8, 4) is 0 Å². The highest BCUT2D eigenvalue weighted by molar-refractivity contribution is 14.0. The Balaban J connectivity index is 0.00000900. The summed E-state index contributed by atoms with van der Waals surface area (Å²) in [6.45, 7) is 18.0. The third-order valence-corrected chi connectivity index (χ3v) is 4.75. The number of ether oxygens (including phenoxy) is 1. The van der Waals surface area contributed by atoms with E-state index in [-0.39, 0.29) is 42.0 Å². The van der Waals surface area contributed by atoms with E-state index in [1.165, 1.54) is 11.3 Å². The maximum atomic E-state index is 12.1. The zero-order valence-corrected chi connectivity index (χ0v) is 23.3. The summed E-state index contributed by atoms with van der Waals surface area (Å²) in [5.41, 5.74) is 3.06. The SMILES string of the molecule is CCNC(=NCC(C)CN(C)C(=O)OC(C)(C)C)NC(C)Cc1c(C)nn(C)c1C.I. The van der Waals surface area contributed by atoms with Crippen LogP contribution in [-0.4, -0.2) is 65.1 Å². The summed E-state index contributed by atoms with van der Waals surface area (Å²) in [4.78, 5) is 18.5. The fourth-order valence-electron chi connectivity index (χ4n) is 3.21. The zero-order chi connectivity index (χ0) is 23.1. The van der Waals surface area contributed by atoms with Crippen molar-refractivity contribution in [3.63, 3.8) is 0 Å². The topological polar surface area (TPSA) is 83.8 Å². The number of amides is 1. The van der Waals surface area contributed by atoms with Gasteiger partial charge in [0.05, 0.1) is 5.69 Å². The van der Waals surface area contributed by atoms with Crippen molar-refractivity contribution in [2.24, 2.45) is 18.0 Å². The van der Waals surface area contributed by atoms with E-state index in [1.807, 2.05) is 32.5 Å². The van der Waals surface area contributed by atoms with Gasteiger partial charge < -0.3 is 20.3 Å². The number of carbonyl (C=O) groups excluding carboxylic acids is 1. The largest absolute Gasteiger partial charge is 0.444 e. The van der Waals surface area contributed by atoms with Crippen LogP contribution in [0.3, 0.4) is 0 Å². The standard InChI is InChI=1S/C22H42N6O2.HI/c1-11-23-20(25-16(3)12-19-17(4)26-28(10)18(19)5)24-13-15(2)14-27(9)21(29)30-22(6,7)8;/h15-16H,11-14H2,1-10H3,(H2,23,24,25);1H. The van der Waals surface area contributed by atoms with Crippen LogP contribution in [-0.2, 0) is 18.2 Å². The van der Waals surface area contributed by atoms with E-state index >= 15 is 0 Å². The molecule has 0 bridgehead atoms. The van der Waals surface area contributed by atoms with Gasteiger partial charge in [-0.3, -0.25) is 9.67 Å². The molecule has 1 amide bonds. The fourth-order valence-corrected chi connectivity index (χ4v) is 3.21. The summed E-state index contributed by atoms with van der Waals surface area (Å²) in [6.07, 6.45) is 0.575. The number of aliphatic imine (C=N–C) groups is 1. The van der Waals surface area contributed by atoms with Gasteiger partial charge in [-0.05, 0) is 66.4 Å². The van der Waals surface area contributed by atoms with E-state index < -0.39 is 5.60 Å². The number of aromatic nitrogens is 2. The van der Waals surface area contributed by atoms with Crippen LogP contribution in [0.25, 0.3) is 0 Å². The Morgan fingerprint density at radius 1 is 1.29 bits per heavy atom. The van der Waals surface area contributed by atoms with Gasteiger partial charge in [0.2, 0.25) is 0 Å².